The van der Waals surface area contributed by atoms with E-state index in [1.54, 1.807) is 30.1 Å². The molecule has 0 atom stereocenters. The van der Waals surface area contributed by atoms with Crippen molar-refractivity contribution in [3.05, 3.63) is 28.8 Å². The van der Waals surface area contributed by atoms with Crippen LogP contribution in [0.1, 0.15) is 30.6 Å². The number of carbonyl (C=O) groups is 1. The quantitative estimate of drug-likeness (QED) is 0.840. The van der Waals surface area contributed by atoms with Crippen LogP contribution in [0.5, 0.6) is 0 Å². The highest BCUT2D eigenvalue weighted by Crippen LogP contribution is 2.18. The molecule has 0 saturated carbocycles. The van der Waals surface area contributed by atoms with Gasteiger partial charge in [-0.05, 0) is 30.5 Å². The van der Waals surface area contributed by atoms with Crippen LogP contribution in [-0.2, 0) is 0 Å². The molecule has 94 valence electrons. The fourth-order valence-electron chi connectivity index (χ4n) is 1.51. The van der Waals surface area contributed by atoms with Crippen molar-refractivity contribution in [1.82, 2.24) is 4.90 Å². The molecule has 1 aromatic carbocycles. The minimum absolute atomic E-state index is 0.0418. The molecule has 0 saturated heterocycles. The molecule has 17 heavy (non-hydrogen) atoms. The third-order valence-corrected chi connectivity index (χ3v) is 2.77. The van der Waals surface area contributed by atoms with E-state index in [1.165, 1.54) is 0 Å². The second-order valence-electron chi connectivity index (χ2n) is 4.68. The maximum absolute atomic E-state index is 12.1. The van der Waals surface area contributed by atoms with Crippen LogP contribution in [0.2, 0.25) is 5.02 Å². The largest absolute Gasteiger partial charge is 0.399 e. The van der Waals surface area contributed by atoms with Crippen LogP contribution in [0.25, 0.3) is 0 Å². The Morgan fingerprint density at radius 1 is 1.41 bits per heavy atom. The lowest BCUT2D eigenvalue weighted by atomic mass is 10.1. The van der Waals surface area contributed by atoms with Gasteiger partial charge in [0.2, 0.25) is 0 Å². The van der Waals surface area contributed by atoms with Gasteiger partial charge in [0.15, 0.2) is 0 Å². The summed E-state index contributed by atoms with van der Waals surface area (Å²) in [6, 6.07) is 4.93. The predicted molar refractivity (Wildman–Crippen MR) is 72.3 cm³/mol. The van der Waals surface area contributed by atoms with E-state index < -0.39 is 0 Å². The lowest BCUT2D eigenvalue weighted by molar-refractivity contribution is 0.0789. The summed E-state index contributed by atoms with van der Waals surface area (Å²) in [4.78, 5) is 13.8. The molecule has 3 nitrogen and oxygen atoms in total. The number of nitrogen functional groups attached to an aromatic ring is 1. The van der Waals surface area contributed by atoms with Gasteiger partial charge >= 0.3 is 0 Å². The van der Waals surface area contributed by atoms with E-state index in [-0.39, 0.29) is 5.91 Å². The molecule has 0 fully saturated rings. The van der Waals surface area contributed by atoms with Gasteiger partial charge in [-0.2, -0.15) is 0 Å². The summed E-state index contributed by atoms with van der Waals surface area (Å²) in [5, 5.41) is 0.491. The number of hydrogen-bond donors (Lipinski definition) is 1. The van der Waals surface area contributed by atoms with Gasteiger partial charge in [-0.25, -0.2) is 0 Å². The van der Waals surface area contributed by atoms with Crippen molar-refractivity contribution in [1.29, 1.82) is 0 Å². The number of nitrogens with zero attached hydrogens (tertiary/aromatic N) is 1. The van der Waals surface area contributed by atoms with Crippen LogP contribution in [0.15, 0.2) is 18.2 Å². The van der Waals surface area contributed by atoms with Crippen molar-refractivity contribution in [3.63, 3.8) is 0 Å². The number of anilines is 1. The maximum atomic E-state index is 12.1. The lowest BCUT2D eigenvalue weighted by Crippen LogP contribution is -2.28. The van der Waals surface area contributed by atoms with E-state index in [0.29, 0.717) is 22.2 Å². The van der Waals surface area contributed by atoms with Gasteiger partial charge in [0, 0.05) is 29.9 Å². The fourth-order valence-corrected chi connectivity index (χ4v) is 1.75. The smallest absolute Gasteiger partial charge is 0.253 e. The van der Waals surface area contributed by atoms with Gasteiger partial charge in [-0.1, -0.05) is 25.4 Å². The lowest BCUT2D eigenvalue weighted by Gasteiger charge is -2.18. The predicted octanol–water partition coefficient (Wildman–Crippen LogP) is 3.04. The number of halogens is 1. The zero-order chi connectivity index (χ0) is 13.0. The first-order valence-corrected chi connectivity index (χ1v) is 6.09. The average Bonchev–Trinajstić information content (AvgIpc) is 2.23. The fraction of sp³-hybridized carbons (Fsp3) is 0.462. The van der Waals surface area contributed by atoms with E-state index in [4.69, 9.17) is 17.3 Å². The average molecular weight is 255 g/mol. The van der Waals surface area contributed by atoms with E-state index in [1.807, 2.05) is 0 Å². The molecule has 1 aromatic rings. The van der Waals surface area contributed by atoms with Gasteiger partial charge in [0.25, 0.3) is 5.91 Å². The van der Waals surface area contributed by atoms with Crippen LogP contribution in [0, 0.1) is 5.92 Å². The second kappa shape index (κ2) is 5.92. The molecule has 0 bridgehead atoms. The first kappa shape index (κ1) is 13.8. The Hall–Kier alpha value is -1.22. The monoisotopic (exact) mass is 254 g/mol. The number of benzene rings is 1. The normalized spacial score (nSPS) is 10.6. The minimum Gasteiger partial charge on any atom is -0.399 e. The number of carbonyl (C=O) groups excluding carboxylic acids is 1. The van der Waals surface area contributed by atoms with E-state index in [9.17, 15) is 4.79 Å². The van der Waals surface area contributed by atoms with E-state index in [0.717, 1.165) is 13.0 Å². The second-order valence-corrected chi connectivity index (χ2v) is 5.12. The molecule has 0 spiro atoms. The molecule has 0 aliphatic rings. The first-order chi connectivity index (χ1) is 7.90. The minimum atomic E-state index is -0.0418. The number of amides is 1. The summed E-state index contributed by atoms with van der Waals surface area (Å²) in [6.07, 6.45) is 0.984. The third kappa shape index (κ3) is 4.27. The SMILES string of the molecule is CC(C)CCN(C)C(=O)c1cc(N)cc(Cl)c1. The molecule has 2 N–H and O–H groups in total. The van der Waals surface area contributed by atoms with E-state index >= 15 is 0 Å². The molecule has 1 rings (SSSR count). The molecule has 0 unspecified atom stereocenters. The molecular formula is C13H19ClN2O. The van der Waals surface area contributed by atoms with Crippen LogP contribution < -0.4 is 5.73 Å². The molecule has 0 aliphatic carbocycles. The maximum Gasteiger partial charge on any atom is 0.253 e. The van der Waals surface area contributed by atoms with Crippen molar-refractivity contribution in [2.75, 3.05) is 19.3 Å². The standard InChI is InChI=1S/C13H19ClN2O/c1-9(2)4-5-16(3)13(17)10-6-11(14)8-12(15)7-10/h6-9H,4-5,15H2,1-3H3. The summed E-state index contributed by atoms with van der Waals surface area (Å²) in [5.41, 5.74) is 6.72. The Bertz CT molecular complexity index is 384. The van der Waals surface area contributed by atoms with Crippen molar-refractivity contribution in [2.24, 2.45) is 5.92 Å². The third-order valence-electron chi connectivity index (χ3n) is 2.56. The molecule has 0 heterocycles. The summed E-state index contributed by atoms with van der Waals surface area (Å²) in [6.45, 7) is 5.01. The topological polar surface area (TPSA) is 46.3 Å². The Morgan fingerprint density at radius 2 is 2.06 bits per heavy atom. The number of hydrogen-bond acceptors (Lipinski definition) is 2. The van der Waals surface area contributed by atoms with Gasteiger partial charge < -0.3 is 10.6 Å². The van der Waals surface area contributed by atoms with Crippen molar-refractivity contribution in [3.8, 4) is 0 Å². The van der Waals surface area contributed by atoms with Gasteiger partial charge in [0.05, 0.1) is 0 Å². The summed E-state index contributed by atoms with van der Waals surface area (Å²) in [7, 11) is 1.79. The van der Waals surface area contributed by atoms with Crippen molar-refractivity contribution < 1.29 is 4.79 Å². The highest BCUT2D eigenvalue weighted by molar-refractivity contribution is 6.31. The zero-order valence-electron chi connectivity index (χ0n) is 10.5. The summed E-state index contributed by atoms with van der Waals surface area (Å²) in [5.74, 6) is 0.537. The first-order valence-electron chi connectivity index (χ1n) is 5.71. The molecule has 4 heteroatoms. The zero-order valence-corrected chi connectivity index (χ0v) is 11.3. The van der Waals surface area contributed by atoms with Crippen LogP contribution >= 0.6 is 11.6 Å². The van der Waals surface area contributed by atoms with Gasteiger partial charge in [0.1, 0.15) is 0 Å². The van der Waals surface area contributed by atoms with E-state index in [2.05, 4.69) is 13.8 Å². The summed E-state index contributed by atoms with van der Waals surface area (Å²) >= 11 is 5.88. The Kier molecular flexibility index (Phi) is 4.82. The Balaban J connectivity index is 2.74. The summed E-state index contributed by atoms with van der Waals surface area (Å²) < 4.78 is 0. The number of rotatable bonds is 4. The van der Waals surface area contributed by atoms with Crippen LogP contribution in [0.4, 0.5) is 5.69 Å². The Labute approximate surface area is 108 Å². The van der Waals surface area contributed by atoms with Crippen molar-refractivity contribution in [2.45, 2.75) is 20.3 Å². The highest BCUT2D eigenvalue weighted by atomic mass is 35.5. The molecule has 1 amide bonds. The van der Waals surface area contributed by atoms with Gasteiger partial charge in [-0.3, -0.25) is 4.79 Å². The molecule has 0 aromatic heterocycles. The number of nitrogens with two attached hydrogens (primary N) is 1. The van der Waals surface area contributed by atoms with Crippen molar-refractivity contribution >= 4 is 23.2 Å². The molecule has 0 aliphatic heterocycles. The Morgan fingerprint density at radius 3 is 2.59 bits per heavy atom. The highest BCUT2D eigenvalue weighted by Gasteiger charge is 2.13. The van der Waals surface area contributed by atoms with Crippen LogP contribution in [0.3, 0.4) is 0 Å². The molecule has 0 radical (unpaired) electrons. The van der Waals surface area contributed by atoms with Crippen LogP contribution in [-0.4, -0.2) is 24.4 Å². The van der Waals surface area contributed by atoms with Gasteiger partial charge in [-0.15, -0.1) is 0 Å². The molecular weight excluding hydrogens is 236 g/mol.